The van der Waals surface area contributed by atoms with E-state index in [1.165, 1.54) is 70.6 Å². The van der Waals surface area contributed by atoms with Crippen molar-refractivity contribution in [2.24, 2.45) is 0 Å². The highest BCUT2D eigenvalue weighted by molar-refractivity contribution is 5.77. The first-order valence-corrected chi connectivity index (χ1v) is 12.9. The average molecular weight is 478 g/mol. The predicted octanol–water partition coefficient (Wildman–Crippen LogP) is 1.16. The molecule has 0 spiro atoms. The molecule has 0 aliphatic carbocycles. The second kappa shape index (κ2) is 23.3. The minimum Gasteiger partial charge on any atom is -1.00 e. The number of halogens is 1. The van der Waals surface area contributed by atoms with Gasteiger partial charge in [0.15, 0.2) is 6.54 Å². The molecule has 0 aliphatic rings. The molecule has 3 N–H and O–H groups in total. The maximum atomic E-state index is 12.0. The molecule has 0 radical (unpaired) electrons. The van der Waals surface area contributed by atoms with E-state index >= 15 is 0 Å². The smallest absolute Gasteiger partial charge is 0.275 e. The lowest BCUT2D eigenvalue weighted by Crippen LogP contribution is -3.00. The van der Waals surface area contributed by atoms with Crippen molar-refractivity contribution in [1.29, 1.82) is 0 Å². The summed E-state index contributed by atoms with van der Waals surface area (Å²) in [7, 11) is 4.02. The number of aliphatic hydroxyl groups excluding tert-OH is 1. The van der Waals surface area contributed by atoms with E-state index in [0.29, 0.717) is 30.5 Å². The van der Waals surface area contributed by atoms with Crippen LogP contribution < -0.4 is 23.0 Å². The summed E-state index contributed by atoms with van der Waals surface area (Å²) in [5, 5.41) is 14.4. The average Bonchev–Trinajstić information content (AvgIpc) is 2.72. The van der Waals surface area contributed by atoms with Gasteiger partial charge in [0.1, 0.15) is 0 Å². The second-order valence-corrected chi connectivity index (χ2v) is 9.59. The Kier molecular flexibility index (Phi) is 24.3. The second-order valence-electron chi connectivity index (χ2n) is 9.59. The van der Waals surface area contributed by atoms with Crippen LogP contribution >= 0.6 is 0 Å². The zero-order valence-corrected chi connectivity index (χ0v) is 22.0. The van der Waals surface area contributed by atoms with Crippen molar-refractivity contribution in [3.05, 3.63) is 0 Å². The Morgan fingerprint density at radius 1 is 0.688 bits per heavy atom. The third-order valence-electron chi connectivity index (χ3n) is 5.78. The number of carbonyl (C=O) groups is 2. The summed E-state index contributed by atoms with van der Waals surface area (Å²) in [5.41, 5.74) is 0. The Morgan fingerprint density at radius 2 is 1.16 bits per heavy atom. The summed E-state index contributed by atoms with van der Waals surface area (Å²) in [6, 6.07) is 0. The van der Waals surface area contributed by atoms with Gasteiger partial charge in [0.2, 0.25) is 5.91 Å². The van der Waals surface area contributed by atoms with Gasteiger partial charge in [0.05, 0.1) is 27.2 Å². The van der Waals surface area contributed by atoms with E-state index in [9.17, 15) is 9.59 Å². The molecule has 0 aliphatic heterocycles. The molecule has 0 saturated heterocycles. The normalized spacial score (nSPS) is 11.1. The first kappa shape index (κ1) is 33.3. The van der Waals surface area contributed by atoms with E-state index in [1.807, 2.05) is 14.1 Å². The van der Waals surface area contributed by atoms with Gasteiger partial charge in [-0.05, 0) is 6.42 Å². The summed E-state index contributed by atoms with van der Waals surface area (Å²) in [5.74, 6) is 0.0968. The van der Waals surface area contributed by atoms with Crippen LogP contribution in [0.3, 0.4) is 0 Å². The van der Waals surface area contributed by atoms with Crippen LogP contribution in [0.2, 0.25) is 0 Å². The molecule has 0 heterocycles. The molecular formula is C25H52ClN3O3. The van der Waals surface area contributed by atoms with Gasteiger partial charge in [-0.3, -0.25) is 9.59 Å². The molecular weight excluding hydrogens is 426 g/mol. The molecule has 0 bridgehead atoms. The van der Waals surface area contributed by atoms with Gasteiger partial charge in [-0.15, -0.1) is 0 Å². The highest BCUT2D eigenvalue weighted by atomic mass is 35.5. The highest BCUT2D eigenvalue weighted by Gasteiger charge is 2.19. The molecule has 6 nitrogen and oxygen atoms in total. The van der Waals surface area contributed by atoms with Crippen molar-refractivity contribution >= 4 is 11.8 Å². The van der Waals surface area contributed by atoms with Crippen molar-refractivity contribution in [3.8, 4) is 0 Å². The van der Waals surface area contributed by atoms with Crippen LogP contribution in [0.5, 0.6) is 0 Å². The van der Waals surface area contributed by atoms with Gasteiger partial charge < -0.3 is 32.6 Å². The van der Waals surface area contributed by atoms with E-state index in [1.54, 1.807) is 0 Å². The van der Waals surface area contributed by atoms with Crippen molar-refractivity contribution in [2.45, 2.75) is 103 Å². The number of likely N-dealkylation sites (N-methyl/N-ethyl adjacent to an activating group) is 1. The Morgan fingerprint density at radius 3 is 1.66 bits per heavy atom. The van der Waals surface area contributed by atoms with Crippen LogP contribution in [0.25, 0.3) is 0 Å². The summed E-state index contributed by atoms with van der Waals surface area (Å²) in [6.07, 6.45) is 18.6. The minimum absolute atomic E-state index is 0. The lowest BCUT2D eigenvalue weighted by Gasteiger charge is -2.29. The molecule has 0 aromatic carbocycles. The third kappa shape index (κ3) is 23.8. The van der Waals surface area contributed by atoms with Crippen LogP contribution in [0.1, 0.15) is 103 Å². The van der Waals surface area contributed by atoms with Gasteiger partial charge >= 0.3 is 0 Å². The topological polar surface area (TPSA) is 78.4 Å². The molecule has 0 saturated carbocycles. The number of nitrogens with one attached hydrogen (secondary N) is 2. The fraction of sp³-hybridized carbons (Fsp3) is 0.920. The van der Waals surface area contributed by atoms with E-state index in [2.05, 4.69) is 17.6 Å². The quantitative estimate of drug-likeness (QED) is 0.162. The van der Waals surface area contributed by atoms with Crippen molar-refractivity contribution in [1.82, 2.24) is 10.6 Å². The Balaban J connectivity index is 0. The molecule has 0 unspecified atom stereocenters. The van der Waals surface area contributed by atoms with Crippen LogP contribution in [0.15, 0.2) is 0 Å². The Bertz CT molecular complexity index is 448. The monoisotopic (exact) mass is 477 g/mol. The van der Waals surface area contributed by atoms with Gasteiger partial charge in [-0.2, -0.15) is 0 Å². The van der Waals surface area contributed by atoms with Crippen LogP contribution in [0, 0.1) is 0 Å². The predicted molar refractivity (Wildman–Crippen MR) is 130 cm³/mol. The van der Waals surface area contributed by atoms with Crippen LogP contribution in [-0.4, -0.2) is 68.3 Å². The highest BCUT2D eigenvalue weighted by Crippen LogP contribution is 2.12. The number of hydrogen-bond donors (Lipinski definition) is 3. The van der Waals surface area contributed by atoms with E-state index < -0.39 is 0 Å². The van der Waals surface area contributed by atoms with Gasteiger partial charge in [0.25, 0.3) is 5.91 Å². The maximum absolute atomic E-state index is 12.0. The molecule has 0 rings (SSSR count). The zero-order valence-electron chi connectivity index (χ0n) is 21.2. The summed E-state index contributed by atoms with van der Waals surface area (Å²) in [6.45, 7) is 4.40. The molecule has 192 valence electrons. The van der Waals surface area contributed by atoms with Crippen molar-refractivity contribution in [3.63, 3.8) is 0 Å². The van der Waals surface area contributed by atoms with Crippen LogP contribution in [-0.2, 0) is 9.59 Å². The lowest BCUT2D eigenvalue weighted by molar-refractivity contribution is -0.882. The van der Waals surface area contributed by atoms with Gasteiger partial charge in [-0.25, -0.2) is 0 Å². The number of unbranched alkanes of at least 4 members (excludes halogenated alkanes) is 12. The standard InChI is InChI=1S/C25H51N3O3.ClH/c1-4-5-6-7-8-9-10-11-12-13-14-15-16-18-24(30)26-19-17-21-28(2,3)23-25(31)27-20-22-29;/h29H,4-23H2,1-3H3,(H-,26,27,30,31);1H. The van der Waals surface area contributed by atoms with E-state index in [-0.39, 0.29) is 30.8 Å². The van der Waals surface area contributed by atoms with E-state index in [4.69, 9.17) is 5.11 Å². The summed E-state index contributed by atoms with van der Waals surface area (Å²) in [4.78, 5) is 23.7. The van der Waals surface area contributed by atoms with Gasteiger partial charge in [-0.1, -0.05) is 84.0 Å². The molecule has 0 aromatic heterocycles. The zero-order chi connectivity index (χ0) is 23.2. The number of amides is 2. The van der Waals surface area contributed by atoms with Crippen molar-refractivity contribution in [2.75, 3.05) is 46.9 Å². The first-order chi connectivity index (χ1) is 14.9. The molecule has 2 amide bonds. The fourth-order valence-corrected chi connectivity index (χ4v) is 3.85. The Labute approximate surface area is 204 Å². The minimum atomic E-state index is -0.0505. The Hall–Kier alpha value is -0.850. The third-order valence-corrected chi connectivity index (χ3v) is 5.78. The van der Waals surface area contributed by atoms with Crippen molar-refractivity contribution < 1.29 is 31.6 Å². The first-order valence-electron chi connectivity index (χ1n) is 12.9. The van der Waals surface area contributed by atoms with Gasteiger partial charge in [0, 0.05) is 25.9 Å². The lowest BCUT2D eigenvalue weighted by atomic mass is 10.0. The maximum Gasteiger partial charge on any atom is 0.275 e. The number of nitrogens with zero attached hydrogens (tertiary/aromatic N) is 1. The fourth-order valence-electron chi connectivity index (χ4n) is 3.85. The van der Waals surface area contributed by atoms with Crippen LogP contribution in [0.4, 0.5) is 0 Å². The number of quaternary nitrogens is 1. The van der Waals surface area contributed by atoms with E-state index in [0.717, 1.165) is 25.8 Å². The summed E-state index contributed by atoms with van der Waals surface area (Å²) < 4.78 is 0.575. The number of hydrogen-bond acceptors (Lipinski definition) is 3. The molecule has 0 atom stereocenters. The largest absolute Gasteiger partial charge is 1.00 e. The number of carbonyl (C=O) groups excluding carboxylic acids is 2. The summed E-state index contributed by atoms with van der Waals surface area (Å²) >= 11 is 0. The molecule has 0 fully saturated rings. The molecule has 0 aromatic rings. The molecule has 32 heavy (non-hydrogen) atoms. The molecule has 7 heteroatoms. The number of aliphatic hydroxyl groups is 1. The number of rotatable bonds is 22. The SMILES string of the molecule is CCCCCCCCCCCCCCCC(=O)NCCC[N+](C)(C)CC(=O)NCCO.[Cl-].